The molecule has 15 heavy (non-hydrogen) atoms. The minimum Gasteiger partial charge on any atom is -0.330 e. The Balaban J connectivity index is 1.87. The zero-order chi connectivity index (χ0) is 10.7. The molecule has 2 rings (SSSR count). The predicted octanol–water partition coefficient (Wildman–Crippen LogP) is 1.14. The summed E-state index contributed by atoms with van der Waals surface area (Å²) >= 11 is 1.79. The molecule has 0 amide bonds. The molecule has 1 atom stereocenters. The van der Waals surface area contributed by atoms with E-state index in [0.29, 0.717) is 6.54 Å². The first-order valence-corrected chi connectivity index (χ1v) is 6.48. The van der Waals surface area contributed by atoms with Gasteiger partial charge in [-0.3, -0.25) is 0 Å². The van der Waals surface area contributed by atoms with E-state index in [9.17, 15) is 0 Å². The van der Waals surface area contributed by atoms with E-state index in [-0.39, 0.29) is 0 Å². The van der Waals surface area contributed by atoms with E-state index in [2.05, 4.69) is 22.3 Å². The first kappa shape index (κ1) is 11.0. The molecule has 84 valence electrons. The lowest BCUT2D eigenvalue weighted by molar-refractivity contribution is 0.394. The van der Waals surface area contributed by atoms with Gasteiger partial charge in [0.1, 0.15) is 0 Å². The van der Waals surface area contributed by atoms with Gasteiger partial charge in [-0.05, 0) is 32.5 Å². The predicted molar refractivity (Wildman–Crippen MR) is 64.2 cm³/mol. The molecule has 2 heterocycles. The average molecular weight is 225 g/mol. The van der Waals surface area contributed by atoms with Gasteiger partial charge < -0.3 is 10.6 Å². The van der Waals surface area contributed by atoms with Crippen LogP contribution in [0.1, 0.15) is 17.1 Å². The van der Waals surface area contributed by atoms with Crippen molar-refractivity contribution in [3.05, 3.63) is 16.1 Å². The standard InChI is InChI=1S/C11H19N3S/c1-14-5-3-9(7-14)6-11-13-10(2-4-12)8-15-11/h8-9H,2-7,12H2,1H3. The normalized spacial score (nSPS) is 22.4. The number of nitrogens with two attached hydrogens (primary N) is 1. The molecule has 2 N–H and O–H groups in total. The molecule has 1 fully saturated rings. The van der Waals surface area contributed by atoms with Crippen LogP contribution in [-0.2, 0) is 12.8 Å². The van der Waals surface area contributed by atoms with Crippen molar-refractivity contribution in [1.29, 1.82) is 0 Å². The molecular weight excluding hydrogens is 206 g/mol. The zero-order valence-corrected chi connectivity index (χ0v) is 10.1. The van der Waals surface area contributed by atoms with Crippen molar-refractivity contribution < 1.29 is 0 Å². The first-order valence-electron chi connectivity index (χ1n) is 5.60. The lowest BCUT2D eigenvalue weighted by Crippen LogP contribution is -2.15. The maximum atomic E-state index is 5.51. The van der Waals surface area contributed by atoms with Crippen LogP contribution in [0.4, 0.5) is 0 Å². The van der Waals surface area contributed by atoms with Crippen molar-refractivity contribution in [2.24, 2.45) is 11.7 Å². The van der Waals surface area contributed by atoms with Gasteiger partial charge in [0.2, 0.25) is 0 Å². The Morgan fingerprint density at radius 3 is 3.20 bits per heavy atom. The van der Waals surface area contributed by atoms with Crippen LogP contribution >= 0.6 is 11.3 Å². The van der Waals surface area contributed by atoms with Crippen LogP contribution in [0.2, 0.25) is 0 Å². The third-order valence-corrected chi connectivity index (χ3v) is 3.87. The zero-order valence-electron chi connectivity index (χ0n) is 9.28. The highest BCUT2D eigenvalue weighted by atomic mass is 32.1. The molecular formula is C11H19N3S. The van der Waals surface area contributed by atoms with Crippen molar-refractivity contribution >= 4 is 11.3 Å². The fourth-order valence-electron chi connectivity index (χ4n) is 2.15. The number of rotatable bonds is 4. The molecule has 1 aliphatic rings. The van der Waals surface area contributed by atoms with Crippen LogP contribution in [0.5, 0.6) is 0 Å². The minimum absolute atomic E-state index is 0.704. The molecule has 1 aliphatic heterocycles. The van der Waals surface area contributed by atoms with E-state index in [4.69, 9.17) is 5.73 Å². The van der Waals surface area contributed by atoms with Gasteiger partial charge >= 0.3 is 0 Å². The number of aromatic nitrogens is 1. The molecule has 0 aromatic carbocycles. The number of hydrogen-bond donors (Lipinski definition) is 1. The van der Waals surface area contributed by atoms with E-state index in [0.717, 1.165) is 18.8 Å². The van der Waals surface area contributed by atoms with Crippen LogP contribution in [-0.4, -0.2) is 36.6 Å². The van der Waals surface area contributed by atoms with Crippen molar-refractivity contribution in [2.75, 3.05) is 26.7 Å². The van der Waals surface area contributed by atoms with Crippen LogP contribution < -0.4 is 5.73 Å². The van der Waals surface area contributed by atoms with E-state index in [1.807, 2.05) is 0 Å². The quantitative estimate of drug-likeness (QED) is 0.835. The molecule has 4 heteroatoms. The van der Waals surface area contributed by atoms with Crippen LogP contribution in [0.25, 0.3) is 0 Å². The fraction of sp³-hybridized carbons (Fsp3) is 0.727. The van der Waals surface area contributed by atoms with Gasteiger partial charge in [0.25, 0.3) is 0 Å². The van der Waals surface area contributed by atoms with Gasteiger partial charge in [-0.1, -0.05) is 0 Å². The third kappa shape index (κ3) is 3.00. The van der Waals surface area contributed by atoms with E-state index in [1.54, 1.807) is 11.3 Å². The Bertz CT molecular complexity index is 311. The molecule has 1 aromatic heterocycles. The second kappa shape index (κ2) is 5.05. The number of nitrogens with zero attached hydrogens (tertiary/aromatic N) is 2. The van der Waals surface area contributed by atoms with Gasteiger partial charge in [-0.2, -0.15) is 0 Å². The summed E-state index contributed by atoms with van der Waals surface area (Å²) in [5, 5.41) is 3.44. The summed E-state index contributed by atoms with van der Waals surface area (Å²) in [7, 11) is 2.20. The Hall–Kier alpha value is -0.450. The molecule has 0 aliphatic carbocycles. The molecule has 1 aromatic rings. The smallest absolute Gasteiger partial charge is 0.0931 e. The SMILES string of the molecule is CN1CCC(Cc2nc(CCN)cs2)C1. The number of hydrogen-bond acceptors (Lipinski definition) is 4. The molecule has 0 bridgehead atoms. The van der Waals surface area contributed by atoms with Crippen molar-refractivity contribution in [3.8, 4) is 0 Å². The van der Waals surface area contributed by atoms with Crippen molar-refractivity contribution in [3.63, 3.8) is 0 Å². The Morgan fingerprint density at radius 2 is 2.53 bits per heavy atom. The van der Waals surface area contributed by atoms with Gasteiger partial charge in [-0.25, -0.2) is 4.98 Å². The van der Waals surface area contributed by atoms with E-state index in [1.165, 1.54) is 30.2 Å². The molecule has 0 radical (unpaired) electrons. The van der Waals surface area contributed by atoms with Crippen LogP contribution in [0, 0.1) is 5.92 Å². The lowest BCUT2D eigenvalue weighted by Gasteiger charge is -2.07. The number of thiazole rings is 1. The monoisotopic (exact) mass is 225 g/mol. The maximum absolute atomic E-state index is 5.51. The molecule has 0 spiro atoms. The van der Waals surface area contributed by atoms with Crippen molar-refractivity contribution in [1.82, 2.24) is 9.88 Å². The fourth-order valence-corrected chi connectivity index (χ4v) is 3.09. The summed E-state index contributed by atoms with van der Waals surface area (Å²) < 4.78 is 0. The minimum atomic E-state index is 0.704. The number of likely N-dealkylation sites (tertiary alicyclic amines) is 1. The van der Waals surface area contributed by atoms with E-state index >= 15 is 0 Å². The average Bonchev–Trinajstić information content (AvgIpc) is 2.78. The topological polar surface area (TPSA) is 42.2 Å². The highest BCUT2D eigenvalue weighted by molar-refractivity contribution is 7.09. The van der Waals surface area contributed by atoms with E-state index < -0.39 is 0 Å². The van der Waals surface area contributed by atoms with Crippen molar-refractivity contribution in [2.45, 2.75) is 19.3 Å². The highest BCUT2D eigenvalue weighted by Crippen LogP contribution is 2.21. The summed E-state index contributed by atoms with van der Waals surface area (Å²) in [5.74, 6) is 0.812. The molecule has 1 unspecified atom stereocenters. The Kier molecular flexibility index (Phi) is 3.72. The molecule has 1 saturated heterocycles. The highest BCUT2D eigenvalue weighted by Gasteiger charge is 2.20. The Morgan fingerprint density at radius 1 is 1.67 bits per heavy atom. The van der Waals surface area contributed by atoms with Gasteiger partial charge in [-0.15, -0.1) is 11.3 Å². The molecule has 3 nitrogen and oxygen atoms in total. The summed E-state index contributed by atoms with van der Waals surface area (Å²) in [6.45, 7) is 3.17. The second-order valence-electron chi connectivity index (χ2n) is 4.39. The Labute approximate surface area is 95.3 Å². The summed E-state index contributed by atoms with van der Waals surface area (Å²) in [4.78, 5) is 7.01. The van der Waals surface area contributed by atoms with Crippen LogP contribution in [0.15, 0.2) is 5.38 Å². The van der Waals surface area contributed by atoms with Gasteiger partial charge in [0, 0.05) is 24.8 Å². The molecule has 0 saturated carbocycles. The summed E-state index contributed by atoms with van der Waals surface area (Å²) in [6.07, 6.45) is 3.39. The maximum Gasteiger partial charge on any atom is 0.0931 e. The summed E-state index contributed by atoms with van der Waals surface area (Å²) in [6, 6.07) is 0. The van der Waals surface area contributed by atoms with Crippen LogP contribution in [0.3, 0.4) is 0 Å². The first-order chi connectivity index (χ1) is 7.28. The van der Waals surface area contributed by atoms with Gasteiger partial charge in [0.05, 0.1) is 10.7 Å². The second-order valence-corrected chi connectivity index (χ2v) is 5.33. The third-order valence-electron chi connectivity index (χ3n) is 2.95. The lowest BCUT2D eigenvalue weighted by atomic mass is 10.1. The van der Waals surface area contributed by atoms with Gasteiger partial charge in [0.15, 0.2) is 0 Å². The summed E-state index contributed by atoms with van der Waals surface area (Å²) in [5.41, 5.74) is 6.68. The largest absolute Gasteiger partial charge is 0.330 e.